The van der Waals surface area contributed by atoms with E-state index >= 15 is 0 Å². The largest absolute Gasteiger partial charge is 0.368 e. The second-order valence-electron chi connectivity index (χ2n) is 5.00. The Morgan fingerprint density at radius 3 is 2.64 bits per heavy atom. The normalized spacial score (nSPS) is 11.0. The van der Waals surface area contributed by atoms with Gasteiger partial charge in [-0.2, -0.15) is 0 Å². The number of anilines is 1. The van der Waals surface area contributed by atoms with Gasteiger partial charge in [0.05, 0.1) is 12.2 Å². The zero-order valence-electron chi connectivity index (χ0n) is 12.5. The highest BCUT2D eigenvalue weighted by molar-refractivity contribution is 7.98. The molecule has 0 radical (unpaired) electrons. The Balaban J connectivity index is 1.79. The number of hydrogen-bond donors (Lipinski definition) is 1. The number of thioether (sulfide) groups is 1. The fourth-order valence-electron chi connectivity index (χ4n) is 2.16. The molecule has 0 saturated carbocycles. The summed E-state index contributed by atoms with van der Waals surface area (Å²) in [7, 11) is 0. The van der Waals surface area contributed by atoms with Crippen LogP contribution in [0.3, 0.4) is 0 Å². The minimum absolute atomic E-state index is 0.399. The van der Waals surface area contributed by atoms with Crippen molar-refractivity contribution in [2.24, 2.45) is 0 Å². The van der Waals surface area contributed by atoms with Gasteiger partial charge in [-0.15, -0.1) is 10.2 Å². The van der Waals surface area contributed by atoms with Crippen LogP contribution >= 0.6 is 11.8 Å². The summed E-state index contributed by atoms with van der Waals surface area (Å²) in [5.74, 6) is 2.01. The van der Waals surface area contributed by atoms with Crippen LogP contribution in [0.2, 0.25) is 0 Å². The molecular formula is C15H17N5OS. The molecule has 0 spiro atoms. The second-order valence-corrected chi connectivity index (χ2v) is 5.95. The summed E-state index contributed by atoms with van der Waals surface area (Å²) in [5.41, 5.74) is 9.07. The third-order valence-electron chi connectivity index (χ3n) is 3.45. The molecule has 0 bridgehead atoms. The molecule has 6 nitrogen and oxygen atoms in total. The molecule has 0 aliphatic rings. The van der Waals surface area contributed by atoms with Gasteiger partial charge >= 0.3 is 0 Å². The van der Waals surface area contributed by atoms with Crippen molar-refractivity contribution >= 4 is 17.7 Å². The van der Waals surface area contributed by atoms with Crippen molar-refractivity contribution in [3.05, 3.63) is 52.9 Å². The summed E-state index contributed by atoms with van der Waals surface area (Å²) in [5, 5.41) is 12.9. The quantitative estimate of drug-likeness (QED) is 0.729. The number of benzene rings is 1. The van der Waals surface area contributed by atoms with Crippen LogP contribution in [0, 0.1) is 13.8 Å². The Morgan fingerprint density at radius 2 is 1.95 bits per heavy atom. The van der Waals surface area contributed by atoms with E-state index in [0.717, 1.165) is 27.9 Å². The minimum Gasteiger partial charge on any atom is -0.368 e. The molecule has 0 unspecified atom stereocenters. The average molecular weight is 315 g/mol. The Kier molecular flexibility index (Phi) is 4.15. The predicted octanol–water partition coefficient (Wildman–Crippen LogP) is 2.81. The molecule has 0 amide bonds. The van der Waals surface area contributed by atoms with Crippen molar-refractivity contribution in [3.8, 4) is 0 Å². The fourth-order valence-corrected chi connectivity index (χ4v) is 3.06. The number of rotatable bonds is 5. The molecule has 0 atom stereocenters. The van der Waals surface area contributed by atoms with Crippen LogP contribution in [0.5, 0.6) is 0 Å². The number of nitrogens with two attached hydrogens (primary N) is 1. The van der Waals surface area contributed by atoms with E-state index in [2.05, 4.69) is 27.5 Å². The van der Waals surface area contributed by atoms with Crippen LogP contribution in [0.4, 0.5) is 5.95 Å². The van der Waals surface area contributed by atoms with Gasteiger partial charge in [0.2, 0.25) is 5.95 Å². The standard InChI is InChI=1S/C15H17N5OS/c1-10-13(11(2)21-19-10)8-20-14(16)17-18-15(20)22-9-12-6-4-3-5-7-12/h3-7H,8-9H2,1-2H3,(H2,16,17). The highest BCUT2D eigenvalue weighted by Crippen LogP contribution is 2.25. The lowest BCUT2D eigenvalue weighted by molar-refractivity contribution is 0.392. The number of nitrogens with zero attached hydrogens (tertiary/aromatic N) is 4. The van der Waals surface area contributed by atoms with Crippen molar-refractivity contribution in [1.82, 2.24) is 19.9 Å². The Labute approximate surface area is 132 Å². The van der Waals surface area contributed by atoms with Crippen molar-refractivity contribution in [3.63, 3.8) is 0 Å². The average Bonchev–Trinajstić information content (AvgIpc) is 3.04. The van der Waals surface area contributed by atoms with Crippen LogP contribution in [0.25, 0.3) is 0 Å². The molecule has 0 fully saturated rings. The molecule has 3 aromatic rings. The van der Waals surface area contributed by atoms with E-state index in [9.17, 15) is 0 Å². The van der Waals surface area contributed by atoms with Crippen molar-refractivity contribution in [1.29, 1.82) is 0 Å². The molecule has 0 saturated heterocycles. The molecule has 22 heavy (non-hydrogen) atoms. The van der Waals surface area contributed by atoms with Gasteiger partial charge in [-0.05, 0) is 19.4 Å². The van der Waals surface area contributed by atoms with Gasteiger partial charge in [-0.3, -0.25) is 4.57 Å². The van der Waals surface area contributed by atoms with Crippen LogP contribution in [0.1, 0.15) is 22.6 Å². The van der Waals surface area contributed by atoms with E-state index in [1.165, 1.54) is 5.56 Å². The van der Waals surface area contributed by atoms with Crippen molar-refractivity contribution < 1.29 is 4.52 Å². The maximum absolute atomic E-state index is 5.95. The lowest BCUT2D eigenvalue weighted by atomic mass is 10.2. The first kappa shape index (κ1) is 14.6. The summed E-state index contributed by atoms with van der Waals surface area (Å²) in [6.07, 6.45) is 0. The number of nitrogen functional groups attached to an aromatic ring is 1. The number of aromatic nitrogens is 4. The first-order valence-corrected chi connectivity index (χ1v) is 7.91. The summed E-state index contributed by atoms with van der Waals surface area (Å²) < 4.78 is 7.09. The van der Waals surface area contributed by atoms with Crippen molar-refractivity contribution in [2.45, 2.75) is 31.3 Å². The first-order valence-electron chi connectivity index (χ1n) is 6.92. The van der Waals surface area contributed by atoms with Gasteiger partial charge in [0.25, 0.3) is 0 Å². The minimum atomic E-state index is 0.399. The third-order valence-corrected chi connectivity index (χ3v) is 4.49. The number of hydrogen-bond acceptors (Lipinski definition) is 6. The van der Waals surface area contributed by atoms with Crippen LogP contribution in [-0.4, -0.2) is 19.9 Å². The fraction of sp³-hybridized carbons (Fsp3) is 0.267. The zero-order chi connectivity index (χ0) is 15.5. The Hall–Kier alpha value is -2.28. The maximum atomic E-state index is 5.95. The summed E-state index contributed by atoms with van der Waals surface area (Å²) in [6.45, 7) is 4.38. The molecule has 114 valence electrons. The summed E-state index contributed by atoms with van der Waals surface area (Å²) >= 11 is 1.61. The molecule has 3 rings (SSSR count). The van der Waals surface area contributed by atoms with E-state index in [1.54, 1.807) is 11.8 Å². The third kappa shape index (κ3) is 2.99. The molecule has 0 aliphatic carbocycles. The van der Waals surface area contributed by atoms with E-state index < -0.39 is 0 Å². The highest BCUT2D eigenvalue weighted by atomic mass is 32.2. The van der Waals surface area contributed by atoms with Crippen LogP contribution in [0.15, 0.2) is 40.0 Å². The molecule has 7 heteroatoms. The zero-order valence-corrected chi connectivity index (χ0v) is 13.3. The van der Waals surface area contributed by atoms with Gasteiger partial charge in [-0.1, -0.05) is 47.3 Å². The lowest BCUT2D eigenvalue weighted by Crippen LogP contribution is -2.07. The van der Waals surface area contributed by atoms with E-state index in [0.29, 0.717) is 12.5 Å². The molecule has 2 heterocycles. The first-order chi connectivity index (χ1) is 10.6. The number of aryl methyl sites for hydroxylation is 2. The topological polar surface area (TPSA) is 82.8 Å². The molecular weight excluding hydrogens is 298 g/mol. The predicted molar refractivity (Wildman–Crippen MR) is 85.5 cm³/mol. The molecule has 1 aromatic carbocycles. The van der Waals surface area contributed by atoms with E-state index in [1.807, 2.05) is 36.6 Å². The second kappa shape index (κ2) is 6.23. The van der Waals surface area contributed by atoms with Crippen LogP contribution in [-0.2, 0) is 12.3 Å². The summed E-state index contributed by atoms with van der Waals surface area (Å²) in [6, 6.07) is 10.2. The lowest BCUT2D eigenvalue weighted by Gasteiger charge is -2.07. The van der Waals surface area contributed by atoms with Gasteiger partial charge in [0, 0.05) is 11.3 Å². The highest BCUT2D eigenvalue weighted by Gasteiger charge is 2.15. The Bertz CT molecular complexity index is 746. The molecule has 0 aliphatic heterocycles. The van der Waals surface area contributed by atoms with Gasteiger partial charge in [0.1, 0.15) is 5.76 Å². The van der Waals surface area contributed by atoms with Crippen molar-refractivity contribution in [2.75, 3.05) is 5.73 Å². The van der Waals surface area contributed by atoms with Gasteiger partial charge in [0.15, 0.2) is 5.16 Å². The maximum Gasteiger partial charge on any atom is 0.223 e. The molecule has 2 aromatic heterocycles. The van der Waals surface area contributed by atoms with Gasteiger partial charge < -0.3 is 10.3 Å². The Morgan fingerprint density at radius 1 is 1.18 bits per heavy atom. The molecule has 2 N–H and O–H groups in total. The van der Waals surface area contributed by atoms with Gasteiger partial charge in [-0.25, -0.2) is 0 Å². The SMILES string of the molecule is Cc1noc(C)c1Cn1c(N)nnc1SCc1ccccc1. The van der Waals surface area contributed by atoms with Crippen LogP contribution < -0.4 is 5.73 Å². The van der Waals surface area contributed by atoms with E-state index in [4.69, 9.17) is 10.3 Å². The smallest absolute Gasteiger partial charge is 0.223 e. The monoisotopic (exact) mass is 315 g/mol. The summed E-state index contributed by atoms with van der Waals surface area (Å²) in [4.78, 5) is 0. The van der Waals surface area contributed by atoms with E-state index in [-0.39, 0.29) is 0 Å².